The first-order valence-electron chi connectivity index (χ1n) is 12.0. The number of aromatic nitrogens is 1. The summed E-state index contributed by atoms with van der Waals surface area (Å²) in [6, 6.07) is 9.12. The molecule has 0 amide bonds. The predicted molar refractivity (Wildman–Crippen MR) is 140 cm³/mol. The van der Waals surface area contributed by atoms with Crippen LogP contribution in [-0.2, 0) is 11.2 Å². The quantitative estimate of drug-likeness (QED) is 0.447. The maximum atomic E-state index is 5.69. The minimum absolute atomic E-state index is 0.0649. The Kier molecular flexibility index (Phi) is 8.95. The molecule has 0 unspecified atom stereocenters. The fourth-order valence-electron chi connectivity index (χ4n) is 4.57. The molecule has 3 heterocycles. The standard InChI is InChI=1S/C23H30N2OS.C4H11N/c1-16-13-17(2)15-18(14-16)21-19(20-6-12-27-22(20)24-21)5-9-25-10-7-23(3,26-4)8-11-25;1-3-5-4-2/h6,12-15,24H,5,7-11H2,1-4H3;5H,3-4H2,1-2H3. The summed E-state index contributed by atoms with van der Waals surface area (Å²) in [6.07, 6.45) is 3.33. The van der Waals surface area contributed by atoms with E-state index in [1.165, 1.54) is 38.2 Å². The van der Waals surface area contributed by atoms with Crippen LogP contribution in [-0.4, -0.2) is 55.3 Å². The highest BCUT2D eigenvalue weighted by Crippen LogP contribution is 2.35. The van der Waals surface area contributed by atoms with Crippen molar-refractivity contribution in [2.75, 3.05) is 39.8 Å². The van der Waals surface area contributed by atoms with Crippen molar-refractivity contribution >= 4 is 21.6 Å². The van der Waals surface area contributed by atoms with Crippen molar-refractivity contribution in [3.8, 4) is 11.3 Å². The molecule has 1 saturated heterocycles. The molecule has 1 aliphatic rings. The topological polar surface area (TPSA) is 40.3 Å². The van der Waals surface area contributed by atoms with Gasteiger partial charge in [-0.05, 0) is 87.8 Å². The molecular formula is C27H41N3OS. The number of benzene rings is 1. The van der Waals surface area contributed by atoms with E-state index in [4.69, 9.17) is 4.74 Å². The molecule has 1 fully saturated rings. The van der Waals surface area contributed by atoms with E-state index in [9.17, 15) is 0 Å². The normalized spacial score (nSPS) is 16.2. The number of nitrogens with one attached hydrogen (secondary N) is 2. The summed E-state index contributed by atoms with van der Waals surface area (Å²) in [7, 11) is 1.85. The molecule has 0 radical (unpaired) electrons. The predicted octanol–water partition coefficient (Wildman–Crippen LogP) is 6.17. The van der Waals surface area contributed by atoms with Gasteiger partial charge in [0.2, 0.25) is 0 Å². The Hall–Kier alpha value is -1.66. The van der Waals surface area contributed by atoms with Gasteiger partial charge in [-0.25, -0.2) is 0 Å². The fourth-order valence-corrected chi connectivity index (χ4v) is 5.39. The van der Waals surface area contributed by atoms with Crippen LogP contribution in [0.3, 0.4) is 0 Å². The molecule has 32 heavy (non-hydrogen) atoms. The first kappa shape index (κ1) is 25.0. The lowest BCUT2D eigenvalue weighted by Crippen LogP contribution is -2.44. The molecule has 4 nitrogen and oxygen atoms in total. The molecule has 0 atom stereocenters. The summed E-state index contributed by atoms with van der Waals surface area (Å²) < 4.78 is 5.69. The van der Waals surface area contributed by atoms with Crippen molar-refractivity contribution in [2.24, 2.45) is 0 Å². The summed E-state index contributed by atoms with van der Waals surface area (Å²) in [5, 5.41) is 6.70. The number of rotatable bonds is 7. The van der Waals surface area contributed by atoms with Crippen molar-refractivity contribution in [2.45, 2.75) is 59.5 Å². The number of likely N-dealkylation sites (tertiary alicyclic amines) is 1. The Bertz CT molecular complexity index is 960. The molecular weight excluding hydrogens is 414 g/mol. The van der Waals surface area contributed by atoms with Gasteiger partial charge in [0.15, 0.2) is 0 Å². The number of piperidine rings is 1. The monoisotopic (exact) mass is 455 g/mol. The fraction of sp³-hybridized carbons (Fsp3) is 0.556. The van der Waals surface area contributed by atoms with Crippen molar-refractivity contribution < 1.29 is 4.74 Å². The van der Waals surface area contributed by atoms with E-state index in [2.05, 4.69) is 79.5 Å². The SMILES string of the molecule is CCNCC.COC1(C)CCN(CCc2c(-c3cc(C)cc(C)c3)[nH]c3sccc23)CC1. The molecule has 1 aliphatic heterocycles. The van der Waals surface area contributed by atoms with E-state index in [1.54, 1.807) is 11.3 Å². The summed E-state index contributed by atoms with van der Waals surface area (Å²) in [5.41, 5.74) is 6.80. The number of hydrogen-bond acceptors (Lipinski definition) is 4. The van der Waals surface area contributed by atoms with Crippen LogP contribution in [0, 0.1) is 13.8 Å². The lowest BCUT2D eigenvalue weighted by Gasteiger charge is -2.38. The number of fused-ring (bicyclic) bond motifs is 1. The van der Waals surface area contributed by atoms with Crippen LogP contribution in [0.2, 0.25) is 0 Å². The molecule has 1 aromatic carbocycles. The number of ether oxygens (including phenoxy) is 1. The van der Waals surface area contributed by atoms with Gasteiger partial charge in [0.1, 0.15) is 4.83 Å². The average Bonchev–Trinajstić information content (AvgIpc) is 3.36. The first-order chi connectivity index (χ1) is 15.4. The molecule has 2 N–H and O–H groups in total. The Labute approximate surface area is 198 Å². The highest BCUT2D eigenvalue weighted by molar-refractivity contribution is 7.16. The van der Waals surface area contributed by atoms with Gasteiger partial charge < -0.3 is 19.9 Å². The van der Waals surface area contributed by atoms with Gasteiger partial charge in [0, 0.05) is 32.1 Å². The van der Waals surface area contributed by atoms with Gasteiger partial charge in [-0.3, -0.25) is 0 Å². The molecule has 3 aromatic rings. The van der Waals surface area contributed by atoms with E-state index in [1.807, 2.05) is 7.11 Å². The third-order valence-corrected chi connectivity index (χ3v) is 7.46. The van der Waals surface area contributed by atoms with Gasteiger partial charge in [-0.15, -0.1) is 11.3 Å². The van der Waals surface area contributed by atoms with Gasteiger partial charge in [-0.2, -0.15) is 0 Å². The molecule has 2 aromatic heterocycles. The van der Waals surface area contributed by atoms with Gasteiger partial charge in [0.25, 0.3) is 0 Å². The van der Waals surface area contributed by atoms with Crippen LogP contribution < -0.4 is 5.32 Å². The van der Waals surface area contributed by atoms with Gasteiger partial charge in [0.05, 0.1) is 11.3 Å². The zero-order valence-electron chi connectivity index (χ0n) is 20.8. The maximum Gasteiger partial charge on any atom is 0.100 e. The van der Waals surface area contributed by atoms with Crippen molar-refractivity contribution in [1.82, 2.24) is 15.2 Å². The molecule has 176 valence electrons. The molecule has 0 bridgehead atoms. The van der Waals surface area contributed by atoms with Crippen LogP contribution in [0.4, 0.5) is 0 Å². The maximum absolute atomic E-state index is 5.69. The number of aryl methyl sites for hydroxylation is 2. The number of hydrogen-bond donors (Lipinski definition) is 2. The van der Waals surface area contributed by atoms with Crippen LogP contribution in [0.25, 0.3) is 21.5 Å². The third kappa shape index (κ3) is 6.22. The number of aromatic amines is 1. The number of methoxy groups -OCH3 is 1. The van der Waals surface area contributed by atoms with Crippen LogP contribution >= 0.6 is 11.3 Å². The van der Waals surface area contributed by atoms with E-state index in [0.29, 0.717) is 0 Å². The highest BCUT2D eigenvalue weighted by Gasteiger charge is 2.29. The Morgan fingerprint density at radius 3 is 2.31 bits per heavy atom. The van der Waals surface area contributed by atoms with Crippen molar-refractivity contribution in [1.29, 1.82) is 0 Å². The minimum atomic E-state index is 0.0649. The second-order valence-corrected chi connectivity index (χ2v) is 10.1. The summed E-state index contributed by atoms with van der Waals surface area (Å²) in [6.45, 7) is 16.4. The number of nitrogens with zero attached hydrogens (tertiary/aromatic N) is 1. The number of thiophene rings is 1. The average molecular weight is 456 g/mol. The Morgan fingerprint density at radius 1 is 1.09 bits per heavy atom. The summed E-state index contributed by atoms with van der Waals surface area (Å²) >= 11 is 1.80. The Balaban J connectivity index is 0.000000523. The van der Waals surface area contributed by atoms with Crippen molar-refractivity contribution in [3.63, 3.8) is 0 Å². The van der Waals surface area contributed by atoms with E-state index >= 15 is 0 Å². The first-order valence-corrected chi connectivity index (χ1v) is 12.9. The van der Waals surface area contributed by atoms with Crippen LogP contribution in [0.15, 0.2) is 29.6 Å². The second kappa shape index (κ2) is 11.5. The molecule has 5 heteroatoms. The smallest absolute Gasteiger partial charge is 0.100 e. The molecule has 0 spiro atoms. The second-order valence-electron chi connectivity index (χ2n) is 9.22. The lowest BCUT2D eigenvalue weighted by molar-refractivity contribution is -0.0423. The van der Waals surface area contributed by atoms with Crippen LogP contribution in [0.5, 0.6) is 0 Å². The van der Waals surface area contributed by atoms with E-state index in [0.717, 1.165) is 52.0 Å². The molecule has 4 rings (SSSR count). The van der Waals surface area contributed by atoms with Gasteiger partial charge >= 0.3 is 0 Å². The largest absolute Gasteiger partial charge is 0.378 e. The van der Waals surface area contributed by atoms with Crippen LogP contribution in [0.1, 0.15) is 50.3 Å². The zero-order valence-corrected chi connectivity index (χ0v) is 21.6. The highest BCUT2D eigenvalue weighted by atomic mass is 32.1. The van der Waals surface area contributed by atoms with Gasteiger partial charge in [-0.1, -0.05) is 31.0 Å². The zero-order chi connectivity index (χ0) is 23.1. The Morgan fingerprint density at radius 2 is 1.75 bits per heavy atom. The summed E-state index contributed by atoms with van der Waals surface area (Å²) in [5.74, 6) is 0. The lowest BCUT2D eigenvalue weighted by atomic mass is 9.93. The van der Waals surface area contributed by atoms with E-state index < -0.39 is 0 Å². The van der Waals surface area contributed by atoms with Crippen molar-refractivity contribution in [3.05, 3.63) is 46.3 Å². The number of H-pyrrole nitrogens is 1. The minimum Gasteiger partial charge on any atom is -0.378 e. The molecule has 0 aliphatic carbocycles. The molecule has 0 saturated carbocycles. The van der Waals surface area contributed by atoms with E-state index in [-0.39, 0.29) is 5.60 Å². The summed E-state index contributed by atoms with van der Waals surface area (Å²) in [4.78, 5) is 7.60. The third-order valence-electron chi connectivity index (χ3n) is 6.63.